The lowest BCUT2D eigenvalue weighted by molar-refractivity contribution is 0.255. The van der Waals surface area contributed by atoms with Crippen LogP contribution in [-0.4, -0.2) is 55.0 Å². The van der Waals surface area contributed by atoms with E-state index >= 15 is 0 Å². The van der Waals surface area contributed by atoms with E-state index < -0.39 is 0 Å². The third-order valence-corrected chi connectivity index (χ3v) is 6.06. The summed E-state index contributed by atoms with van der Waals surface area (Å²) < 4.78 is 5.45. The van der Waals surface area contributed by atoms with E-state index in [1.807, 2.05) is 12.1 Å². The Morgan fingerprint density at radius 3 is 2.86 bits per heavy atom. The van der Waals surface area contributed by atoms with E-state index in [0.29, 0.717) is 0 Å². The molecule has 1 fully saturated rings. The van der Waals surface area contributed by atoms with E-state index in [0.717, 1.165) is 63.3 Å². The first-order chi connectivity index (χ1) is 13.3. The Bertz CT molecular complexity index is 671. The van der Waals surface area contributed by atoms with E-state index in [9.17, 15) is 0 Å². The number of rotatable bonds is 9. The molecule has 0 saturated carbocycles. The van der Waals surface area contributed by atoms with Gasteiger partial charge in [0.25, 0.3) is 0 Å². The number of likely N-dealkylation sites (tertiary alicyclic amines) is 1. The van der Waals surface area contributed by atoms with Crippen molar-refractivity contribution in [2.75, 3.05) is 39.3 Å². The maximum absolute atomic E-state index is 5.45. The Kier molecular flexibility index (Phi) is 10.4. The topological polar surface area (TPSA) is 44.0 Å². The quantitative estimate of drug-likeness (QED) is 0.307. The van der Waals surface area contributed by atoms with Crippen LogP contribution in [0.3, 0.4) is 0 Å². The maximum Gasteiger partial charge on any atom is 0.194 e. The first-order valence-corrected chi connectivity index (χ1v) is 11.0. The van der Waals surface area contributed by atoms with Gasteiger partial charge in [-0.15, -0.1) is 35.3 Å². The molecule has 1 unspecified atom stereocenters. The van der Waals surface area contributed by atoms with Crippen LogP contribution >= 0.6 is 35.3 Å². The zero-order valence-corrected chi connectivity index (χ0v) is 20.1. The average Bonchev–Trinajstić information content (AvgIpc) is 3.45. The van der Waals surface area contributed by atoms with Gasteiger partial charge in [-0.05, 0) is 49.0 Å². The second-order valence-corrected chi connectivity index (χ2v) is 8.09. The zero-order chi connectivity index (χ0) is 18.9. The van der Waals surface area contributed by atoms with Crippen LogP contribution in [0.15, 0.2) is 45.3 Å². The number of hydrogen-bond acceptors (Lipinski definition) is 4. The second-order valence-electron chi connectivity index (χ2n) is 7.06. The van der Waals surface area contributed by atoms with Gasteiger partial charge < -0.3 is 19.5 Å². The normalized spacial score (nSPS) is 17.2. The summed E-state index contributed by atoms with van der Waals surface area (Å²) >= 11 is 1.77. The molecule has 1 atom stereocenters. The fourth-order valence-electron chi connectivity index (χ4n) is 3.60. The lowest BCUT2D eigenvalue weighted by Gasteiger charge is -2.24. The van der Waals surface area contributed by atoms with Gasteiger partial charge in [0.15, 0.2) is 5.96 Å². The molecule has 0 aliphatic carbocycles. The molecule has 28 heavy (non-hydrogen) atoms. The van der Waals surface area contributed by atoms with E-state index in [1.54, 1.807) is 17.6 Å². The van der Waals surface area contributed by atoms with Crippen LogP contribution in [-0.2, 0) is 13.0 Å². The van der Waals surface area contributed by atoms with Crippen LogP contribution in [0.2, 0.25) is 0 Å². The van der Waals surface area contributed by atoms with Gasteiger partial charge in [-0.1, -0.05) is 19.9 Å². The van der Waals surface area contributed by atoms with Gasteiger partial charge in [0, 0.05) is 37.5 Å². The SMILES string of the molecule is CCN(CC)CC1CCN(C(=NCc2cccs2)NCCc2ccco2)C1.I. The molecule has 1 aliphatic rings. The molecule has 5 nitrogen and oxygen atoms in total. The molecule has 0 radical (unpaired) electrons. The van der Waals surface area contributed by atoms with Crippen LogP contribution in [0.1, 0.15) is 30.9 Å². The summed E-state index contributed by atoms with van der Waals surface area (Å²) in [5, 5.41) is 5.69. The highest BCUT2D eigenvalue weighted by molar-refractivity contribution is 14.0. The average molecular weight is 516 g/mol. The molecule has 2 aromatic rings. The van der Waals surface area contributed by atoms with Gasteiger partial charge in [0.1, 0.15) is 5.76 Å². The third-order valence-electron chi connectivity index (χ3n) is 5.20. The number of aliphatic imine (C=N–C) groups is 1. The highest BCUT2D eigenvalue weighted by atomic mass is 127. The number of nitrogens with one attached hydrogen (secondary N) is 1. The summed E-state index contributed by atoms with van der Waals surface area (Å²) in [6.45, 7) is 11.7. The number of nitrogens with zero attached hydrogens (tertiary/aromatic N) is 3. The zero-order valence-electron chi connectivity index (χ0n) is 17.0. The van der Waals surface area contributed by atoms with Crippen molar-refractivity contribution in [3.05, 3.63) is 46.5 Å². The molecule has 0 bridgehead atoms. The van der Waals surface area contributed by atoms with Crippen LogP contribution in [0.25, 0.3) is 0 Å². The van der Waals surface area contributed by atoms with Crippen molar-refractivity contribution in [3.63, 3.8) is 0 Å². The molecule has 0 aromatic carbocycles. The first-order valence-electron chi connectivity index (χ1n) is 10.1. The monoisotopic (exact) mass is 516 g/mol. The lowest BCUT2D eigenvalue weighted by Crippen LogP contribution is -2.41. The predicted octanol–water partition coefficient (Wildman–Crippen LogP) is 4.31. The number of guanidine groups is 1. The largest absolute Gasteiger partial charge is 0.469 e. The summed E-state index contributed by atoms with van der Waals surface area (Å²) in [6.07, 6.45) is 3.86. The smallest absolute Gasteiger partial charge is 0.194 e. The van der Waals surface area contributed by atoms with Gasteiger partial charge in [-0.3, -0.25) is 0 Å². The molecule has 156 valence electrons. The molecule has 1 N–H and O–H groups in total. The van der Waals surface area contributed by atoms with Crippen molar-refractivity contribution >= 4 is 41.3 Å². The maximum atomic E-state index is 5.45. The van der Waals surface area contributed by atoms with Gasteiger partial charge >= 0.3 is 0 Å². The van der Waals surface area contributed by atoms with Crippen molar-refractivity contribution in [3.8, 4) is 0 Å². The summed E-state index contributed by atoms with van der Waals surface area (Å²) in [5.41, 5.74) is 0. The Labute approximate surface area is 190 Å². The minimum atomic E-state index is 0. The Morgan fingerprint density at radius 1 is 1.32 bits per heavy atom. The summed E-state index contributed by atoms with van der Waals surface area (Å²) in [6, 6.07) is 8.22. The molecule has 7 heteroatoms. The fraction of sp³-hybridized carbons (Fsp3) is 0.571. The van der Waals surface area contributed by atoms with Gasteiger partial charge in [0.05, 0.1) is 12.8 Å². The van der Waals surface area contributed by atoms with E-state index in [2.05, 4.69) is 46.5 Å². The van der Waals surface area contributed by atoms with Crippen molar-refractivity contribution in [2.24, 2.45) is 10.9 Å². The molecule has 0 spiro atoms. The van der Waals surface area contributed by atoms with E-state index in [-0.39, 0.29) is 24.0 Å². The molecule has 0 amide bonds. The van der Waals surface area contributed by atoms with E-state index in [1.165, 1.54) is 17.8 Å². The van der Waals surface area contributed by atoms with Gasteiger partial charge in [0.2, 0.25) is 0 Å². The highest BCUT2D eigenvalue weighted by Gasteiger charge is 2.26. The Morgan fingerprint density at radius 2 is 2.18 bits per heavy atom. The van der Waals surface area contributed by atoms with Crippen LogP contribution in [0.4, 0.5) is 0 Å². The number of thiophene rings is 1. The predicted molar refractivity (Wildman–Crippen MR) is 129 cm³/mol. The van der Waals surface area contributed by atoms with Crippen molar-refractivity contribution in [1.29, 1.82) is 0 Å². The molecule has 3 heterocycles. The highest BCUT2D eigenvalue weighted by Crippen LogP contribution is 2.18. The van der Waals surface area contributed by atoms with Crippen LogP contribution in [0, 0.1) is 5.92 Å². The number of hydrogen-bond donors (Lipinski definition) is 1. The molecule has 1 aliphatic heterocycles. The van der Waals surface area contributed by atoms with E-state index in [4.69, 9.17) is 9.41 Å². The van der Waals surface area contributed by atoms with Crippen molar-refractivity contribution < 1.29 is 4.42 Å². The number of halogens is 1. The molecular formula is C21H33IN4OS. The molecule has 1 saturated heterocycles. The van der Waals surface area contributed by atoms with Gasteiger partial charge in [-0.2, -0.15) is 0 Å². The fourth-order valence-corrected chi connectivity index (χ4v) is 4.22. The Hall–Kier alpha value is -1.06. The van der Waals surface area contributed by atoms with Crippen molar-refractivity contribution in [2.45, 2.75) is 33.2 Å². The molecule has 3 rings (SSSR count). The minimum Gasteiger partial charge on any atom is -0.469 e. The lowest BCUT2D eigenvalue weighted by atomic mass is 10.1. The summed E-state index contributed by atoms with van der Waals surface area (Å²) in [7, 11) is 0. The molecule has 2 aromatic heterocycles. The second kappa shape index (κ2) is 12.5. The number of furan rings is 1. The van der Waals surface area contributed by atoms with Crippen LogP contribution < -0.4 is 5.32 Å². The van der Waals surface area contributed by atoms with Gasteiger partial charge in [-0.25, -0.2) is 4.99 Å². The van der Waals surface area contributed by atoms with Crippen molar-refractivity contribution in [1.82, 2.24) is 15.1 Å². The molecular weight excluding hydrogens is 483 g/mol. The standard InChI is InChI=1S/C21H32N4OS.HI/c1-3-24(4-2)16-18-10-12-25(17-18)21(23-15-20-8-6-14-27-20)22-11-9-19-7-5-13-26-19;/h5-8,13-14,18H,3-4,9-12,15-17H2,1-2H3,(H,22,23);1H. The third kappa shape index (κ3) is 7.08. The first kappa shape index (κ1) is 23.2. The minimum absolute atomic E-state index is 0. The van der Waals surface area contributed by atoms with Crippen LogP contribution in [0.5, 0.6) is 0 Å². The summed E-state index contributed by atoms with van der Waals surface area (Å²) in [5.74, 6) is 2.78. The summed E-state index contributed by atoms with van der Waals surface area (Å²) in [4.78, 5) is 11.2. The Balaban J connectivity index is 0.00000280.